The number of pyridine rings is 1. The number of nitrogens with one attached hydrogen (secondary N) is 1. The standard InChI is InChI=1S/C18H17BrF3N3O2/c1-2-12-8-14(24-16-6-4-11(19)9-23-16)13-7-10(18(20,21)22)3-5-15(13)25(12)17(26)27/h3-7,9,12,14H,2,8H2,1H3,(H,23,24)(H,26,27)/t12-,14+/m1/s1. The number of halogens is 4. The van der Waals surface area contributed by atoms with E-state index in [4.69, 9.17) is 0 Å². The Hall–Kier alpha value is -2.29. The van der Waals surface area contributed by atoms with Crippen molar-refractivity contribution < 1.29 is 23.1 Å². The zero-order valence-electron chi connectivity index (χ0n) is 14.3. The highest BCUT2D eigenvalue weighted by molar-refractivity contribution is 9.10. The van der Waals surface area contributed by atoms with Gasteiger partial charge in [-0.1, -0.05) is 6.92 Å². The van der Waals surface area contributed by atoms with Gasteiger partial charge in [0.15, 0.2) is 0 Å². The average Bonchev–Trinajstić information content (AvgIpc) is 2.61. The quantitative estimate of drug-likeness (QED) is 0.639. The molecule has 0 bridgehead atoms. The zero-order valence-corrected chi connectivity index (χ0v) is 15.9. The first-order chi connectivity index (χ1) is 12.7. The van der Waals surface area contributed by atoms with Crippen LogP contribution in [0, 0.1) is 0 Å². The molecular formula is C18H17BrF3N3O2. The summed E-state index contributed by atoms with van der Waals surface area (Å²) >= 11 is 3.29. The lowest BCUT2D eigenvalue weighted by atomic mass is 9.88. The Balaban J connectivity index is 2.07. The summed E-state index contributed by atoms with van der Waals surface area (Å²) in [5.41, 5.74) is -0.248. The number of benzene rings is 1. The largest absolute Gasteiger partial charge is 0.465 e. The number of nitrogens with zero attached hydrogens (tertiary/aromatic N) is 2. The summed E-state index contributed by atoms with van der Waals surface area (Å²) in [7, 11) is 0. The molecule has 0 unspecified atom stereocenters. The van der Waals surface area contributed by atoms with E-state index >= 15 is 0 Å². The molecule has 0 saturated carbocycles. The molecule has 0 aliphatic carbocycles. The van der Waals surface area contributed by atoms with Crippen molar-refractivity contribution >= 4 is 33.5 Å². The molecule has 5 nitrogen and oxygen atoms in total. The first-order valence-corrected chi connectivity index (χ1v) is 9.11. The molecule has 1 aliphatic heterocycles. The molecule has 2 N–H and O–H groups in total. The molecule has 0 spiro atoms. The highest BCUT2D eigenvalue weighted by atomic mass is 79.9. The third-order valence-electron chi connectivity index (χ3n) is 4.59. The van der Waals surface area contributed by atoms with E-state index in [9.17, 15) is 23.1 Å². The van der Waals surface area contributed by atoms with Gasteiger partial charge in [0.2, 0.25) is 0 Å². The molecule has 144 valence electrons. The van der Waals surface area contributed by atoms with Crippen LogP contribution in [-0.2, 0) is 6.18 Å². The molecule has 2 atom stereocenters. The van der Waals surface area contributed by atoms with E-state index in [1.165, 1.54) is 6.07 Å². The van der Waals surface area contributed by atoms with Gasteiger partial charge in [-0.2, -0.15) is 13.2 Å². The van der Waals surface area contributed by atoms with Crippen molar-refractivity contribution in [3.63, 3.8) is 0 Å². The van der Waals surface area contributed by atoms with Crippen LogP contribution in [0.1, 0.15) is 36.9 Å². The van der Waals surface area contributed by atoms with Gasteiger partial charge in [0, 0.05) is 16.7 Å². The minimum absolute atomic E-state index is 0.267. The van der Waals surface area contributed by atoms with Crippen LogP contribution in [0.4, 0.5) is 29.5 Å². The number of amides is 1. The number of anilines is 2. The smallest absolute Gasteiger partial charge is 0.416 e. The number of carbonyl (C=O) groups is 1. The summed E-state index contributed by atoms with van der Waals surface area (Å²) in [6.45, 7) is 1.85. The summed E-state index contributed by atoms with van der Waals surface area (Å²) in [6.07, 6.45) is -3.22. The van der Waals surface area contributed by atoms with E-state index in [0.29, 0.717) is 24.2 Å². The normalized spacial score (nSPS) is 19.5. The number of rotatable bonds is 3. The Morgan fingerprint density at radius 1 is 1.37 bits per heavy atom. The lowest BCUT2D eigenvalue weighted by Gasteiger charge is -2.39. The maximum atomic E-state index is 13.2. The molecule has 2 heterocycles. The van der Waals surface area contributed by atoms with E-state index in [1.807, 2.05) is 6.92 Å². The van der Waals surface area contributed by atoms with Crippen LogP contribution in [0.15, 0.2) is 41.0 Å². The first-order valence-electron chi connectivity index (χ1n) is 8.32. The summed E-state index contributed by atoms with van der Waals surface area (Å²) in [5.74, 6) is 0.505. The van der Waals surface area contributed by atoms with Crippen LogP contribution >= 0.6 is 15.9 Å². The van der Waals surface area contributed by atoms with Crippen LogP contribution < -0.4 is 10.2 Å². The predicted molar refractivity (Wildman–Crippen MR) is 98.9 cm³/mol. The van der Waals surface area contributed by atoms with Crippen molar-refractivity contribution in [3.8, 4) is 0 Å². The topological polar surface area (TPSA) is 65.5 Å². The molecule has 1 aromatic heterocycles. The van der Waals surface area contributed by atoms with Crippen molar-refractivity contribution in [1.82, 2.24) is 4.98 Å². The highest BCUT2D eigenvalue weighted by Gasteiger charge is 2.38. The van der Waals surface area contributed by atoms with E-state index in [2.05, 4.69) is 26.2 Å². The van der Waals surface area contributed by atoms with E-state index < -0.39 is 23.9 Å². The number of fused-ring (bicyclic) bond motifs is 1. The Bertz CT molecular complexity index is 843. The second-order valence-electron chi connectivity index (χ2n) is 6.28. The van der Waals surface area contributed by atoms with Crippen LogP contribution in [0.25, 0.3) is 0 Å². The predicted octanol–water partition coefficient (Wildman–Crippen LogP) is 5.68. The Labute approximate surface area is 162 Å². The molecule has 1 aromatic carbocycles. The molecule has 0 fully saturated rings. The molecular weight excluding hydrogens is 427 g/mol. The van der Waals surface area contributed by atoms with Crippen molar-refractivity contribution in [2.45, 2.75) is 38.0 Å². The third kappa shape index (κ3) is 4.02. The summed E-state index contributed by atoms with van der Waals surface area (Å²) in [6, 6.07) is 5.82. The fraction of sp³-hybridized carbons (Fsp3) is 0.333. The molecule has 1 aliphatic rings. The molecule has 1 amide bonds. The summed E-state index contributed by atoms with van der Waals surface area (Å²) < 4.78 is 40.3. The third-order valence-corrected chi connectivity index (χ3v) is 5.06. The summed E-state index contributed by atoms with van der Waals surface area (Å²) in [4.78, 5) is 17.1. The molecule has 2 aromatic rings. The number of alkyl halides is 3. The van der Waals surface area contributed by atoms with Crippen molar-refractivity contribution in [2.75, 3.05) is 10.2 Å². The van der Waals surface area contributed by atoms with Crippen molar-refractivity contribution in [1.29, 1.82) is 0 Å². The fourth-order valence-corrected chi connectivity index (χ4v) is 3.55. The molecule has 9 heteroatoms. The van der Waals surface area contributed by atoms with E-state index in [0.717, 1.165) is 21.5 Å². The Morgan fingerprint density at radius 2 is 2.11 bits per heavy atom. The Morgan fingerprint density at radius 3 is 2.67 bits per heavy atom. The minimum atomic E-state index is -4.51. The minimum Gasteiger partial charge on any atom is -0.465 e. The molecule has 27 heavy (non-hydrogen) atoms. The van der Waals surface area contributed by atoms with Gasteiger partial charge in [-0.3, -0.25) is 4.90 Å². The van der Waals surface area contributed by atoms with Gasteiger partial charge in [-0.25, -0.2) is 9.78 Å². The lowest BCUT2D eigenvalue weighted by Crippen LogP contribution is -2.45. The van der Waals surface area contributed by atoms with Gasteiger partial charge in [0.05, 0.1) is 17.3 Å². The SMILES string of the molecule is CC[C@@H]1C[C@H](Nc2ccc(Br)cn2)c2cc(C(F)(F)F)ccc2N1C(=O)O. The second kappa shape index (κ2) is 7.38. The molecule has 0 radical (unpaired) electrons. The van der Waals surface area contributed by atoms with Gasteiger partial charge < -0.3 is 10.4 Å². The van der Waals surface area contributed by atoms with Crippen molar-refractivity contribution in [3.05, 3.63) is 52.1 Å². The first kappa shape index (κ1) is 19.5. The second-order valence-corrected chi connectivity index (χ2v) is 7.20. The Kier molecular flexibility index (Phi) is 5.32. The molecule has 3 rings (SSSR count). The monoisotopic (exact) mass is 443 g/mol. The van der Waals surface area contributed by atoms with Crippen LogP contribution in [0.2, 0.25) is 0 Å². The van der Waals surface area contributed by atoms with Crippen LogP contribution in [-0.4, -0.2) is 22.2 Å². The van der Waals surface area contributed by atoms with E-state index in [-0.39, 0.29) is 11.7 Å². The maximum absolute atomic E-state index is 13.2. The zero-order chi connectivity index (χ0) is 19.8. The number of hydrogen-bond donors (Lipinski definition) is 2. The van der Waals surface area contributed by atoms with Crippen LogP contribution in [0.5, 0.6) is 0 Å². The maximum Gasteiger partial charge on any atom is 0.416 e. The lowest BCUT2D eigenvalue weighted by molar-refractivity contribution is -0.137. The van der Waals surface area contributed by atoms with Crippen LogP contribution in [0.3, 0.4) is 0 Å². The highest BCUT2D eigenvalue weighted by Crippen LogP contribution is 2.42. The van der Waals surface area contributed by atoms with Gasteiger partial charge in [0.25, 0.3) is 0 Å². The molecule has 0 saturated heterocycles. The van der Waals surface area contributed by atoms with Gasteiger partial charge in [0.1, 0.15) is 5.82 Å². The fourth-order valence-electron chi connectivity index (χ4n) is 3.32. The summed E-state index contributed by atoms with van der Waals surface area (Å²) in [5, 5.41) is 12.7. The van der Waals surface area contributed by atoms with Gasteiger partial charge >= 0.3 is 12.3 Å². The number of aromatic nitrogens is 1. The average molecular weight is 444 g/mol. The van der Waals surface area contributed by atoms with E-state index in [1.54, 1.807) is 18.3 Å². The van der Waals surface area contributed by atoms with Gasteiger partial charge in [-0.05, 0) is 64.7 Å². The van der Waals surface area contributed by atoms with Gasteiger partial charge in [-0.15, -0.1) is 0 Å². The number of hydrogen-bond acceptors (Lipinski definition) is 3. The number of carboxylic acid groups (broad SMARTS) is 1. The van der Waals surface area contributed by atoms with Crippen molar-refractivity contribution in [2.24, 2.45) is 0 Å².